The van der Waals surface area contributed by atoms with E-state index in [1.807, 2.05) is 0 Å². The molecule has 0 aromatic heterocycles. The first kappa shape index (κ1) is 29.0. The van der Waals surface area contributed by atoms with Gasteiger partial charge in [-0.1, -0.05) is 72.8 Å². The highest BCUT2D eigenvalue weighted by Crippen LogP contribution is 2.38. The Morgan fingerprint density at radius 3 is 1.27 bits per heavy atom. The van der Waals surface area contributed by atoms with Gasteiger partial charge in [0.1, 0.15) is 22.1 Å². The van der Waals surface area contributed by atoms with Crippen LogP contribution in [-0.2, 0) is 9.84 Å². The molecule has 4 rings (SSSR count). The summed E-state index contributed by atoms with van der Waals surface area (Å²) >= 11 is 0. The van der Waals surface area contributed by atoms with Crippen LogP contribution in [0.1, 0.15) is 32.8 Å². The van der Waals surface area contributed by atoms with Crippen molar-refractivity contribution in [2.24, 2.45) is 0 Å². The molecule has 0 bridgehead atoms. The number of nitrogens with zero attached hydrogens (tertiary/aromatic N) is 2. The van der Waals surface area contributed by atoms with Crippen molar-refractivity contribution in [2.45, 2.75) is 10.5 Å². The first-order chi connectivity index (χ1) is 19.6. The molecule has 0 aliphatic rings. The third kappa shape index (κ3) is 6.76. The quantitative estimate of drug-likeness (QED) is 0.143. The zero-order valence-electron chi connectivity index (χ0n) is 21.2. The van der Waals surface area contributed by atoms with Crippen LogP contribution in [0.15, 0.2) is 109 Å². The fourth-order valence-corrected chi connectivity index (χ4v) is 6.24. The number of rotatable bonds is 10. The molecule has 2 unspecified atom stereocenters. The van der Waals surface area contributed by atoms with E-state index in [0.717, 1.165) is 24.3 Å². The van der Waals surface area contributed by atoms with E-state index in [-0.39, 0.29) is 33.6 Å². The second-order valence-electron chi connectivity index (χ2n) is 8.88. The van der Waals surface area contributed by atoms with E-state index in [1.54, 1.807) is 12.1 Å². The number of para-hydroxylation sites is 2. The lowest BCUT2D eigenvalue weighted by Gasteiger charge is -2.22. The van der Waals surface area contributed by atoms with Gasteiger partial charge in [-0.2, -0.15) is 0 Å². The molecule has 0 radical (unpaired) electrons. The molecular formula is C30H22F2N2O6S. The summed E-state index contributed by atoms with van der Waals surface area (Å²) in [6.07, 6.45) is 5.13. The number of halogens is 2. The van der Waals surface area contributed by atoms with Crippen molar-refractivity contribution in [1.29, 1.82) is 0 Å². The maximum atomic E-state index is 14.3. The molecule has 4 aromatic rings. The van der Waals surface area contributed by atoms with Gasteiger partial charge in [-0.15, -0.1) is 0 Å². The smallest absolute Gasteiger partial charge is 0.258 e. The molecule has 2 atom stereocenters. The van der Waals surface area contributed by atoms with Gasteiger partial charge < -0.3 is 0 Å². The van der Waals surface area contributed by atoms with Gasteiger partial charge in [0, 0.05) is 12.1 Å². The lowest BCUT2D eigenvalue weighted by Crippen LogP contribution is -2.19. The average Bonchev–Trinajstić information content (AvgIpc) is 2.95. The lowest BCUT2D eigenvalue weighted by atomic mass is 10.1. The second-order valence-corrected chi connectivity index (χ2v) is 11.1. The Kier molecular flexibility index (Phi) is 8.78. The molecule has 0 heterocycles. The highest BCUT2D eigenvalue weighted by molar-refractivity contribution is 7.92. The van der Waals surface area contributed by atoms with Crippen molar-refractivity contribution >= 4 is 33.4 Å². The molecule has 8 nitrogen and oxygen atoms in total. The van der Waals surface area contributed by atoms with Crippen molar-refractivity contribution in [2.75, 3.05) is 0 Å². The van der Waals surface area contributed by atoms with E-state index in [9.17, 15) is 37.4 Å². The fraction of sp³-hybridized carbons (Fsp3) is 0.0667. The van der Waals surface area contributed by atoms with Gasteiger partial charge in [0.15, 0.2) is 9.84 Å². The number of benzene rings is 4. The van der Waals surface area contributed by atoms with Crippen LogP contribution in [0.2, 0.25) is 0 Å². The van der Waals surface area contributed by atoms with Crippen molar-refractivity contribution < 1.29 is 27.0 Å². The van der Waals surface area contributed by atoms with Crippen LogP contribution in [0.4, 0.5) is 20.2 Å². The van der Waals surface area contributed by atoms with Gasteiger partial charge in [0.25, 0.3) is 11.4 Å². The summed E-state index contributed by atoms with van der Waals surface area (Å²) in [6.45, 7) is 0. The van der Waals surface area contributed by atoms with E-state index in [2.05, 4.69) is 0 Å². The van der Waals surface area contributed by atoms with Gasteiger partial charge in [-0.25, -0.2) is 17.2 Å². The van der Waals surface area contributed by atoms with Gasteiger partial charge in [-0.05, 0) is 47.5 Å². The summed E-state index contributed by atoms with van der Waals surface area (Å²) in [4.78, 5) is 21.8. The molecule has 0 spiro atoms. The van der Waals surface area contributed by atoms with Gasteiger partial charge in [0.05, 0.1) is 21.0 Å². The molecule has 4 aromatic carbocycles. The summed E-state index contributed by atoms with van der Waals surface area (Å²) in [5.74, 6) is -1.20. The summed E-state index contributed by atoms with van der Waals surface area (Å²) in [6, 6.07) is 21.0. The molecule has 0 aliphatic carbocycles. The van der Waals surface area contributed by atoms with Gasteiger partial charge in [-0.3, -0.25) is 20.2 Å². The van der Waals surface area contributed by atoms with Crippen LogP contribution in [0.25, 0.3) is 12.2 Å². The third-order valence-corrected chi connectivity index (χ3v) is 8.55. The summed E-state index contributed by atoms with van der Waals surface area (Å²) in [5, 5.41) is 20.1. The predicted molar refractivity (Wildman–Crippen MR) is 151 cm³/mol. The maximum Gasteiger partial charge on any atom is 0.276 e. The molecule has 208 valence electrons. The Hall–Kier alpha value is -5.03. The minimum Gasteiger partial charge on any atom is -0.258 e. The first-order valence-electron chi connectivity index (χ1n) is 12.1. The zero-order chi connectivity index (χ0) is 29.6. The number of nitro benzene ring substituents is 2. The Bertz CT molecular complexity index is 1610. The number of nitro groups is 2. The minimum absolute atomic E-state index is 0.147. The monoisotopic (exact) mass is 576 g/mol. The van der Waals surface area contributed by atoms with Crippen LogP contribution in [0.3, 0.4) is 0 Å². The lowest BCUT2D eigenvalue weighted by molar-refractivity contribution is -0.385. The van der Waals surface area contributed by atoms with E-state index >= 15 is 0 Å². The molecule has 0 saturated heterocycles. The Balaban J connectivity index is 1.88. The maximum absolute atomic E-state index is 14.3. The normalized spacial score (nSPS) is 13.3. The van der Waals surface area contributed by atoms with Gasteiger partial charge >= 0.3 is 0 Å². The molecular weight excluding hydrogens is 554 g/mol. The standard InChI is InChI=1S/C30H22F2N2O6S/c31-25-15-9-23(10-16-25)29(19-13-21-5-1-3-7-27(21)33(35)36)41(39,40)30(24-11-17-26(32)18-12-24)20-14-22-6-2-4-8-28(22)34(37)38/h1-20,29-30H/b19-13+,20-14+. The highest BCUT2D eigenvalue weighted by atomic mass is 32.2. The number of hydrogen-bond donors (Lipinski definition) is 0. The summed E-state index contributed by atoms with van der Waals surface area (Å²) in [5.41, 5.74) is 0.151. The first-order valence-corrected chi connectivity index (χ1v) is 13.8. The highest BCUT2D eigenvalue weighted by Gasteiger charge is 2.34. The van der Waals surface area contributed by atoms with Crippen LogP contribution in [0, 0.1) is 31.9 Å². The van der Waals surface area contributed by atoms with Crippen LogP contribution < -0.4 is 0 Å². The SMILES string of the molecule is O=[N+]([O-])c1ccccc1/C=C/C(c1ccc(F)cc1)S(=O)(=O)C(/C=C/c1ccccc1[N+](=O)[O-])c1ccc(F)cc1. The third-order valence-electron chi connectivity index (χ3n) is 6.27. The summed E-state index contributed by atoms with van der Waals surface area (Å²) < 4.78 is 56.2. The molecule has 0 N–H and O–H groups in total. The molecule has 0 fully saturated rings. The average molecular weight is 577 g/mol. The van der Waals surface area contributed by atoms with E-state index in [0.29, 0.717) is 0 Å². The van der Waals surface area contributed by atoms with Crippen molar-refractivity contribution in [3.05, 3.63) is 163 Å². The number of sulfone groups is 1. The van der Waals surface area contributed by atoms with E-state index in [4.69, 9.17) is 0 Å². The molecule has 0 amide bonds. The molecule has 41 heavy (non-hydrogen) atoms. The Morgan fingerprint density at radius 2 is 0.927 bits per heavy atom. The molecule has 0 saturated carbocycles. The van der Waals surface area contributed by atoms with Crippen LogP contribution >= 0.6 is 0 Å². The molecule has 0 aliphatic heterocycles. The summed E-state index contributed by atoms with van der Waals surface area (Å²) in [7, 11) is -4.36. The second kappa shape index (κ2) is 12.4. The largest absolute Gasteiger partial charge is 0.276 e. The predicted octanol–water partition coefficient (Wildman–Crippen LogP) is 7.41. The van der Waals surface area contributed by atoms with E-state index in [1.165, 1.54) is 85.0 Å². The van der Waals surface area contributed by atoms with E-state index < -0.39 is 41.8 Å². The molecule has 11 heteroatoms. The van der Waals surface area contributed by atoms with Crippen LogP contribution in [-0.4, -0.2) is 18.3 Å². The van der Waals surface area contributed by atoms with Crippen molar-refractivity contribution in [3.63, 3.8) is 0 Å². The Labute approximate surface area is 234 Å². The minimum atomic E-state index is -4.36. The number of hydrogen-bond acceptors (Lipinski definition) is 6. The zero-order valence-corrected chi connectivity index (χ0v) is 22.0. The Morgan fingerprint density at radius 1 is 0.585 bits per heavy atom. The fourth-order valence-electron chi connectivity index (χ4n) is 4.26. The van der Waals surface area contributed by atoms with Gasteiger partial charge in [0.2, 0.25) is 0 Å². The topological polar surface area (TPSA) is 120 Å². The van der Waals surface area contributed by atoms with Crippen molar-refractivity contribution in [3.8, 4) is 0 Å². The van der Waals surface area contributed by atoms with Crippen LogP contribution in [0.5, 0.6) is 0 Å². The van der Waals surface area contributed by atoms with Crippen molar-refractivity contribution in [1.82, 2.24) is 0 Å².